The van der Waals surface area contributed by atoms with Crippen molar-refractivity contribution in [1.29, 1.82) is 0 Å². The van der Waals surface area contributed by atoms with Gasteiger partial charge in [-0.05, 0) is 74.4 Å². The second-order valence-corrected chi connectivity index (χ2v) is 17.4. The second kappa shape index (κ2) is 18.5. The molecule has 18 heteroatoms. The number of alkyl halides is 2. The quantitative estimate of drug-likeness (QED) is 0.201. The summed E-state index contributed by atoms with van der Waals surface area (Å²) in [5.74, 6) is -6.17. The first-order valence-electron chi connectivity index (χ1n) is 22.0. The summed E-state index contributed by atoms with van der Waals surface area (Å²) in [5, 5.41) is 8.55. The van der Waals surface area contributed by atoms with Crippen molar-refractivity contribution < 1.29 is 41.9 Å². The lowest BCUT2D eigenvalue weighted by atomic mass is 9.82. The fourth-order valence-corrected chi connectivity index (χ4v) is 9.73. The number of imide groups is 1. The number of ether oxygens (including phenoxy) is 1. The maximum Gasteiger partial charge on any atom is 0.342 e. The first kappa shape index (κ1) is 43.9. The molecule has 2 saturated heterocycles. The number of carbonyl (C=O) groups is 5. The molecule has 3 unspecified atom stereocenters. The number of methoxy groups -OCH3 is 1. The largest absolute Gasteiger partial charge is 0.495 e. The van der Waals surface area contributed by atoms with E-state index in [0.717, 1.165) is 49.8 Å². The number of fused-ring (bicyclic) bond motifs is 1. The Morgan fingerprint density at radius 3 is 2.46 bits per heavy atom. The van der Waals surface area contributed by atoms with Gasteiger partial charge in [0.25, 0.3) is 11.8 Å². The number of hydrogen-bond acceptors (Lipinski definition) is 12. The molecule has 5 aliphatic rings. The van der Waals surface area contributed by atoms with Crippen LogP contribution in [0.2, 0.25) is 0 Å². The number of hydrogen-bond donors (Lipinski definition) is 3. The normalized spacial score (nSPS) is 23.2. The molecule has 3 N–H and O–H groups in total. The van der Waals surface area contributed by atoms with Gasteiger partial charge in [-0.25, -0.2) is 9.37 Å². The van der Waals surface area contributed by atoms with Gasteiger partial charge in [-0.1, -0.05) is 25.3 Å². The monoisotopic (exact) mass is 873 g/mol. The Balaban J connectivity index is 0.828. The van der Waals surface area contributed by atoms with E-state index in [-0.39, 0.29) is 59.5 Å². The number of piperazine rings is 1. The number of halogens is 3. The van der Waals surface area contributed by atoms with Gasteiger partial charge in [-0.3, -0.25) is 34.2 Å². The number of carbonyl (C=O) groups excluding carboxylic acids is 5. The van der Waals surface area contributed by atoms with Gasteiger partial charge in [0.2, 0.25) is 17.8 Å². The highest BCUT2D eigenvalue weighted by Crippen LogP contribution is 2.40. The molecule has 4 heterocycles. The fraction of sp³-hybridized carbons (Fsp3) is 0.533. The van der Waals surface area contributed by atoms with Crippen LogP contribution in [0.25, 0.3) is 0 Å². The van der Waals surface area contributed by atoms with E-state index in [1.807, 2.05) is 4.90 Å². The molecule has 2 aromatic carbocycles. The molecule has 3 atom stereocenters. The van der Waals surface area contributed by atoms with Crippen LogP contribution in [-0.2, 0) is 19.2 Å². The highest BCUT2D eigenvalue weighted by molar-refractivity contribution is 6.02. The van der Waals surface area contributed by atoms with Crippen molar-refractivity contribution in [2.45, 2.75) is 94.6 Å². The number of nitrogens with one attached hydrogen (secondary N) is 3. The van der Waals surface area contributed by atoms with E-state index in [1.54, 1.807) is 30.3 Å². The summed E-state index contributed by atoms with van der Waals surface area (Å²) in [6.07, 6.45) is 8.45. The third-order valence-electron chi connectivity index (χ3n) is 13.3. The van der Waals surface area contributed by atoms with E-state index >= 15 is 13.2 Å². The van der Waals surface area contributed by atoms with Gasteiger partial charge >= 0.3 is 5.92 Å². The average Bonchev–Trinajstić information content (AvgIpc) is 3.80. The summed E-state index contributed by atoms with van der Waals surface area (Å²) in [7, 11) is 2.77. The van der Waals surface area contributed by atoms with Gasteiger partial charge in [0, 0.05) is 76.2 Å². The minimum Gasteiger partial charge on any atom is -0.495 e. The first-order chi connectivity index (χ1) is 30.3. The van der Waals surface area contributed by atoms with Crippen LogP contribution >= 0.6 is 0 Å². The Bertz CT molecular complexity index is 2250. The van der Waals surface area contributed by atoms with E-state index < -0.39 is 36.0 Å². The highest BCUT2D eigenvalue weighted by atomic mass is 19.3. The Morgan fingerprint density at radius 2 is 1.73 bits per heavy atom. The van der Waals surface area contributed by atoms with Crippen LogP contribution in [0.5, 0.6) is 5.75 Å². The van der Waals surface area contributed by atoms with Gasteiger partial charge in [-0.2, -0.15) is 13.8 Å². The van der Waals surface area contributed by atoms with Crippen LogP contribution < -0.4 is 35.4 Å². The zero-order valence-electron chi connectivity index (χ0n) is 35.6. The number of ketones is 1. The predicted octanol–water partition coefficient (Wildman–Crippen LogP) is 5.32. The highest BCUT2D eigenvalue weighted by Gasteiger charge is 2.49. The Labute approximate surface area is 364 Å². The van der Waals surface area contributed by atoms with Crippen LogP contribution in [0.15, 0.2) is 42.6 Å². The number of Topliss-reactive ketones (excluding diaryl/α,β-unsaturated/α-hetero) is 1. The van der Waals surface area contributed by atoms with Crippen LogP contribution in [0.4, 0.5) is 42.0 Å². The average molecular weight is 874 g/mol. The SMILES string of the molecule is COc1cc(C(=O)NC2CCCC(C(=O)CCN3CCN(c4ccc(C5CCC(=O)NC5=O)cc4F)CC3)C2)ccc1Nc1ncc2c(n1)N(C1CCCC1)CC(F)(F)C(=O)N2C. The Kier molecular flexibility index (Phi) is 12.9. The standard InChI is InChI=1S/C45H54F3N9O6/c1-54-36-25-49-44(53-40(36)57(31-8-3-4-9-31)26-45(47,48)43(54)62)51-34-13-10-29(24-38(34)63-2)41(60)50-30-7-5-6-28(22-30)37(58)16-17-55-18-20-56(21-19-55)35-14-11-27(23-33(35)46)32-12-15-39(59)52-42(32)61/h10-11,13-14,23-25,28,30-32H,3-9,12,15-22,26H2,1-2H3,(H,50,60)(H,49,51,53)(H,52,59,61). The van der Waals surface area contributed by atoms with E-state index in [2.05, 4.69) is 30.8 Å². The summed E-state index contributed by atoms with van der Waals surface area (Å²) in [6.45, 7) is 2.35. The lowest BCUT2D eigenvalue weighted by Gasteiger charge is -2.36. The number of anilines is 5. The van der Waals surface area contributed by atoms with Gasteiger partial charge < -0.3 is 30.1 Å². The summed E-state index contributed by atoms with van der Waals surface area (Å²) in [4.78, 5) is 79.1. The van der Waals surface area contributed by atoms with Crippen molar-refractivity contribution in [2.24, 2.45) is 5.92 Å². The molecule has 8 rings (SSSR count). The number of nitrogens with zero attached hydrogens (tertiary/aromatic N) is 6. The van der Waals surface area contributed by atoms with E-state index in [9.17, 15) is 24.0 Å². The second-order valence-electron chi connectivity index (χ2n) is 17.4. The van der Waals surface area contributed by atoms with Gasteiger partial charge in [0.1, 0.15) is 23.0 Å². The Morgan fingerprint density at radius 1 is 0.952 bits per heavy atom. The van der Waals surface area contributed by atoms with Crippen molar-refractivity contribution >= 4 is 58.2 Å². The van der Waals surface area contributed by atoms with E-state index in [1.165, 1.54) is 31.3 Å². The number of amides is 4. The zero-order chi connectivity index (χ0) is 44.4. The van der Waals surface area contributed by atoms with Crippen LogP contribution in [0.3, 0.4) is 0 Å². The molecule has 1 aromatic heterocycles. The van der Waals surface area contributed by atoms with Crippen molar-refractivity contribution in [3.8, 4) is 5.75 Å². The maximum atomic E-state index is 15.3. The molecule has 336 valence electrons. The summed E-state index contributed by atoms with van der Waals surface area (Å²) in [5.41, 5.74) is 2.02. The number of benzene rings is 2. The molecule has 2 aliphatic carbocycles. The molecule has 2 saturated carbocycles. The Hall–Kier alpha value is -5.78. The number of piperidine rings is 1. The molecular weight excluding hydrogens is 820 g/mol. The van der Waals surface area contributed by atoms with Crippen LogP contribution in [0, 0.1) is 11.7 Å². The molecule has 0 spiro atoms. The molecular formula is C45H54F3N9O6. The van der Waals surface area contributed by atoms with Crippen molar-refractivity contribution in [3.63, 3.8) is 0 Å². The topological polar surface area (TPSA) is 169 Å². The van der Waals surface area contributed by atoms with Gasteiger partial charge in [0.15, 0.2) is 5.82 Å². The summed E-state index contributed by atoms with van der Waals surface area (Å²) < 4.78 is 51.0. The third-order valence-corrected chi connectivity index (χ3v) is 13.3. The lowest BCUT2D eigenvalue weighted by Crippen LogP contribution is -2.48. The molecule has 0 radical (unpaired) electrons. The summed E-state index contributed by atoms with van der Waals surface area (Å²) >= 11 is 0. The minimum absolute atomic E-state index is 0.115. The first-order valence-corrected chi connectivity index (χ1v) is 22.0. The zero-order valence-corrected chi connectivity index (χ0v) is 35.6. The van der Waals surface area contributed by atoms with Gasteiger partial charge in [0.05, 0.1) is 37.1 Å². The van der Waals surface area contributed by atoms with Crippen molar-refractivity contribution in [1.82, 2.24) is 25.5 Å². The molecule has 4 fully saturated rings. The number of rotatable bonds is 12. The lowest BCUT2D eigenvalue weighted by molar-refractivity contribution is -0.140. The summed E-state index contributed by atoms with van der Waals surface area (Å²) in [6, 6.07) is 9.37. The smallest absolute Gasteiger partial charge is 0.342 e. The van der Waals surface area contributed by atoms with E-state index in [4.69, 9.17) is 4.74 Å². The molecule has 3 aromatic rings. The molecule has 4 amide bonds. The molecule has 3 aliphatic heterocycles. The fourth-order valence-electron chi connectivity index (χ4n) is 9.73. The van der Waals surface area contributed by atoms with E-state index in [0.29, 0.717) is 80.2 Å². The third kappa shape index (κ3) is 9.60. The van der Waals surface area contributed by atoms with Crippen LogP contribution in [-0.4, -0.2) is 116 Å². The van der Waals surface area contributed by atoms with Crippen molar-refractivity contribution in [2.75, 3.05) is 73.4 Å². The van der Waals surface area contributed by atoms with Gasteiger partial charge in [-0.15, -0.1) is 0 Å². The predicted molar refractivity (Wildman–Crippen MR) is 229 cm³/mol. The number of aromatic nitrogens is 2. The maximum absolute atomic E-state index is 15.3. The van der Waals surface area contributed by atoms with Crippen LogP contribution in [0.1, 0.15) is 92.5 Å². The minimum atomic E-state index is -3.59. The molecule has 63 heavy (non-hydrogen) atoms. The molecule has 0 bridgehead atoms. The molecule has 15 nitrogen and oxygen atoms in total. The van der Waals surface area contributed by atoms with Crippen molar-refractivity contribution in [3.05, 3.63) is 59.5 Å².